The second-order valence-electron chi connectivity index (χ2n) is 7.66. The van der Waals surface area contributed by atoms with Gasteiger partial charge in [-0.15, -0.1) is 0 Å². The topological polar surface area (TPSA) is 52.6 Å². The Hall–Kier alpha value is -0.250. The van der Waals surface area contributed by atoms with Crippen molar-refractivity contribution in [2.75, 3.05) is 12.4 Å². The van der Waals surface area contributed by atoms with Crippen LogP contribution in [0.25, 0.3) is 0 Å². The molecule has 1 heterocycles. The highest BCUT2D eigenvalue weighted by Gasteiger charge is 2.72. The van der Waals surface area contributed by atoms with Gasteiger partial charge in [-0.25, -0.2) is 3.63 Å². The zero-order valence-corrected chi connectivity index (χ0v) is 15.6. The molecule has 9 heteroatoms. The average molecular weight is 388 g/mol. The third-order valence-electron chi connectivity index (χ3n) is 6.62. The molecule has 0 amide bonds. The quantitative estimate of drug-likeness (QED) is 0.687. The third-order valence-corrected chi connectivity index (χ3v) is 11.9. The molecule has 1 unspecified atom stereocenters. The predicted octanol–water partition coefficient (Wildman–Crippen LogP) is 3.94. The van der Waals surface area contributed by atoms with Gasteiger partial charge in [0.15, 0.2) is 0 Å². The van der Waals surface area contributed by atoms with Crippen molar-refractivity contribution in [3.8, 4) is 0 Å². The van der Waals surface area contributed by atoms with Gasteiger partial charge in [0.25, 0.3) is 0 Å². The van der Waals surface area contributed by atoms with Crippen molar-refractivity contribution in [3.05, 3.63) is 12.0 Å². The van der Waals surface area contributed by atoms with Crippen molar-refractivity contribution >= 4 is 20.4 Å². The molecule has 0 spiro atoms. The van der Waals surface area contributed by atoms with Crippen molar-refractivity contribution in [2.45, 2.75) is 50.5 Å². The smallest absolute Gasteiger partial charge is 0.376 e. The summed E-state index contributed by atoms with van der Waals surface area (Å²) >= 11 is 0. The van der Waals surface area contributed by atoms with Gasteiger partial charge in [-0.3, -0.25) is 0 Å². The molecular weight excluding hydrogens is 365 g/mol. The van der Waals surface area contributed by atoms with Crippen molar-refractivity contribution in [3.63, 3.8) is 0 Å². The molecule has 3 rings (SSSR count). The van der Waals surface area contributed by atoms with E-state index in [0.717, 1.165) is 12.8 Å². The highest BCUT2D eigenvalue weighted by Crippen LogP contribution is 2.78. The van der Waals surface area contributed by atoms with E-state index in [-0.39, 0.29) is 40.5 Å². The summed E-state index contributed by atoms with van der Waals surface area (Å²) in [5.74, 6) is 0.322. The van der Waals surface area contributed by atoms with Crippen LogP contribution in [-0.4, -0.2) is 37.6 Å². The summed E-state index contributed by atoms with van der Waals surface area (Å²) in [6, 6.07) is 0. The monoisotopic (exact) mass is 388 g/mol. The summed E-state index contributed by atoms with van der Waals surface area (Å²) in [6.45, 7) is 10.1. The number of hydrogen-bond acceptors (Lipinski definition) is 4. The van der Waals surface area contributed by atoms with Crippen LogP contribution in [0.4, 0.5) is 13.2 Å². The molecule has 2 bridgehead atoms. The molecule has 0 aromatic carbocycles. The maximum Gasteiger partial charge on any atom is 0.523 e. The molecule has 5 atom stereocenters. The summed E-state index contributed by atoms with van der Waals surface area (Å²) in [6.07, 6.45) is 1.49. The highest BCUT2D eigenvalue weighted by atomic mass is 32.3. The molecule has 24 heavy (non-hydrogen) atoms. The van der Waals surface area contributed by atoms with E-state index in [1.165, 1.54) is 5.41 Å². The Morgan fingerprint density at radius 1 is 1.33 bits per heavy atom. The Morgan fingerprint density at radius 3 is 2.50 bits per heavy atom. The fourth-order valence-corrected chi connectivity index (χ4v) is 10.5. The lowest BCUT2D eigenvalue weighted by atomic mass is 9.71. The lowest BCUT2D eigenvalue weighted by Gasteiger charge is -2.54. The van der Waals surface area contributed by atoms with Crippen LogP contribution in [0, 0.1) is 16.7 Å². The van der Waals surface area contributed by atoms with Crippen molar-refractivity contribution in [2.24, 2.45) is 16.7 Å². The van der Waals surface area contributed by atoms with Crippen LogP contribution in [0.1, 0.15) is 33.6 Å². The first-order chi connectivity index (χ1) is 10.8. The van der Waals surface area contributed by atoms with Gasteiger partial charge < -0.3 is 4.74 Å². The van der Waals surface area contributed by atoms with E-state index in [0.29, 0.717) is 0 Å². The van der Waals surface area contributed by atoms with E-state index in [9.17, 15) is 21.6 Å². The highest BCUT2D eigenvalue weighted by molar-refractivity contribution is 8.35. The van der Waals surface area contributed by atoms with Gasteiger partial charge in [0, 0.05) is 11.0 Å². The molecule has 0 radical (unpaired) electrons. The Kier molecular flexibility index (Phi) is 3.97. The van der Waals surface area contributed by atoms with E-state index in [2.05, 4.69) is 20.4 Å². The van der Waals surface area contributed by atoms with E-state index in [1.807, 2.05) is 6.92 Å². The number of ether oxygens (including phenoxy) is 1. The minimum absolute atomic E-state index is 0.130. The molecule has 0 aromatic rings. The lowest BCUT2D eigenvalue weighted by Crippen LogP contribution is -2.50. The maximum atomic E-state index is 12.9. The summed E-state index contributed by atoms with van der Waals surface area (Å²) < 4.78 is 73.0. The van der Waals surface area contributed by atoms with Gasteiger partial charge in [0.05, 0.1) is 12.7 Å². The first-order valence-electron chi connectivity index (χ1n) is 7.89. The van der Waals surface area contributed by atoms with Crippen LogP contribution in [0.5, 0.6) is 0 Å². The molecule has 4 nitrogen and oxygen atoms in total. The third kappa shape index (κ3) is 2.17. The molecule has 0 N–H and O–H groups in total. The molecule has 1 saturated heterocycles. The molecule has 2 aliphatic carbocycles. The SMILES string of the molecule is C=CS1(OS(=O)(=O)C(F)(F)F)CCO[C@@H]2[C@H]3CC[C@@](C)([C@@H]21)C3(C)C. The molecule has 1 aliphatic heterocycles. The second-order valence-corrected chi connectivity index (χ2v) is 12.4. The largest absolute Gasteiger partial charge is 0.523 e. The lowest BCUT2D eigenvalue weighted by molar-refractivity contribution is -0.0500. The minimum atomic E-state index is -5.68. The van der Waals surface area contributed by atoms with Crippen LogP contribution >= 0.6 is 10.3 Å². The fourth-order valence-electron chi connectivity index (χ4n) is 5.03. The molecular formula is C15H23F3O4S2. The Balaban J connectivity index is 2.08. The fraction of sp³-hybridized carbons (Fsp3) is 0.867. The van der Waals surface area contributed by atoms with Gasteiger partial charge in [-0.1, -0.05) is 37.7 Å². The standard InChI is InChI=1S/C15H23F3O4S2/c1-5-23(22-24(19,20)15(16,17)18)9-8-21-11-10-6-7-14(4,12(11)23)13(10,2)3/h5,10-12H,1,6-9H2,2-4H3/t10-,11-,12-,14+/m1/s1. The van der Waals surface area contributed by atoms with E-state index in [4.69, 9.17) is 8.37 Å². The molecule has 3 fully saturated rings. The molecule has 2 saturated carbocycles. The molecule has 0 aromatic heterocycles. The van der Waals surface area contributed by atoms with Gasteiger partial charge in [0.1, 0.15) is 0 Å². The zero-order valence-electron chi connectivity index (χ0n) is 13.9. The first kappa shape index (κ1) is 18.5. The Labute approximate surface area is 142 Å². The molecule has 140 valence electrons. The zero-order chi connectivity index (χ0) is 18.2. The van der Waals surface area contributed by atoms with E-state index >= 15 is 0 Å². The van der Waals surface area contributed by atoms with Crippen molar-refractivity contribution in [1.29, 1.82) is 0 Å². The summed E-state index contributed by atoms with van der Waals surface area (Å²) in [5.41, 5.74) is -5.93. The van der Waals surface area contributed by atoms with Gasteiger partial charge in [0.2, 0.25) is 0 Å². The predicted molar refractivity (Wildman–Crippen MR) is 86.9 cm³/mol. The number of hydrogen-bond donors (Lipinski definition) is 0. The number of alkyl halides is 3. The van der Waals surface area contributed by atoms with Crippen LogP contribution in [0.15, 0.2) is 12.0 Å². The van der Waals surface area contributed by atoms with Gasteiger partial charge in [-0.2, -0.15) is 21.6 Å². The van der Waals surface area contributed by atoms with Gasteiger partial charge >= 0.3 is 15.6 Å². The summed E-state index contributed by atoms with van der Waals surface area (Å²) in [7, 11) is -8.36. The second kappa shape index (κ2) is 5.14. The number of halogens is 3. The van der Waals surface area contributed by atoms with Crippen LogP contribution in [0.2, 0.25) is 0 Å². The summed E-state index contributed by atoms with van der Waals surface area (Å²) in [5, 5.41) is 0.945. The number of rotatable bonds is 3. The van der Waals surface area contributed by atoms with Crippen LogP contribution in [-0.2, 0) is 18.5 Å². The van der Waals surface area contributed by atoms with Crippen LogP contribution in [0.3, 0.4) is 0 Å². The van der Waals surface area contributed by atoms with E-state index in [1.54, 1.807) is 0 Å². The van der Waals surface area contributed by atoms with Crippen molar-refractivity contribution < 1.29 is 30.0 Å². The molecule has 3 aliphatic rings. The average Bonchev–Trinajstić information content (AvgIpc) is 2.77. The van der Waals surface area contributed by atoms with Gasteiger partial charge in [-0.05, 0) is 35.0 Å². The number of fused-ring (bicyclic) bond motifs is 5. The Bertz CT molecular complexity index is 660. The maximum absolute atomic E-state index is 12.9. The van der Waals surface area contributed by atoms with E-state index < -0.39 is 25.9 Å². The Morgan fingerprint density at radius 2 is 1.96 bits per heavy atom. The van der Waals surface area contributed by atoms with Crippen LogP contribution < -0.4 is 0 Å². The normalized spacial score (nSPS) is 47.0. The summed E-state index contributed by atoms with van der Waals surface area (Å²) in [4.78, 5) is 0. The minimum Gasteiger partial charge on any atom is -0.376 e. The first-order valence-corrected chi connectivity index (χ1v) is 11.1. The van der Waals surface area contributed by atoms with Crippen molar-refractivity contribution in [1.82, 2.24) is 0 Å².